The summed E-state index contributed by atoms with van der Waals surface area (Å²) in [6.45, 7) is 18.7. The van der Waals surface area contributed by atoms with Gasteiger partial charge in [-0.3, -0.25) is 0 Å². The van der Waals surface area contributed by atoms with Crippen molar-refractivity contribution in [3.63, 3.8) is 0 Å². The van der Waals surface area contributed by atoms with Gasteiger partial charge in [0.2, 0.25) is 0 Å². The number of hydrogen-bond donors (Lipinski definition) is 0. The lowest BCUT2D eigenvalue weighted by molar-refractivity contribution is 0.660. The van der Waals surface area contributed by atoms with Crippen molar-refractivity contribution in [1.82, 2.24) is 15.0 Å². The molecule has 0 saturated heterocycles. The third kappa shape index (κ3) is 6.09. The zero-order valence-electron chi connectivity index (χ0n) is 29.7. The first-order chi connectivity index (χ1) is 23.2. The third-order valence-electron chi connectivity index (χ3n) is 9.91. The Hall–Kier alpha value is -4.97. The van der Waals surface area contributed by atoms with E-state index in [0.29, 0.717) is 23.0 Å². The van der Waals surface area contributed by atoms with Crippen LogP contribution in [0.25, 0.3) is 56.4 Å². The molecule has 0 atom stereocenters. The molecule has 1 aliphatic rings. The molecule has 0 radical (unpaired) electrons. The van der Waals surface area contributed by atoms with E-state index in [1.807, 2.05) is 12.1 Å². The average Bonchev–Trinajstić information content (AvgIpc) is 3.32. The van der Waals surface area contributed by atoms with Crippen LogP contribution in [0.15, 0.2) is 109 Å². The molecule has 7 rings (SSSR count). The quantitative estimate of drug-likeness (QED) is 0.166. The van der Waals surface area contributed by atoms with Gasteiger partial charge in [-0.1, -0.05) is 148 Å². The lowest BCUT2D eigenvalue weighted by Gasteiger charge is -2.21. The number of hydrogen-bond acceptors (Lipinski definition) is 4. The largest absolute Gasteiger partial charge is 0.208 e. The molecule has 49 heavy (non-hydrogen) atoms. The lowest BCUT2D eigenvalue weighted by atomic mass is 9.82. The monoisotopic (exact) mass is 670 g/mol. The number of nitriles is 1. The Morgan fingerprint density at radius 1 is 0.490 bits per heavy atom. The van der Waals surface area contributed by atoms with Gasteiger partial charge in [0.25, 0.3) is 0 Å². The molecule has 0 N–H and O–H groups in total. The van der Waals surface area contributed by atoms with Crippen LogP contribution in [0.5, 0.6) is 0 Å². The average molecular weight is 671 g/mol. The summed E-state index contributed by atoms with van der Waals surface area (Å²) < 4.78 is 0. The first kappa shape index (κ1) is 32.6. The van der Waals surface area contributed by atoms with Crippen LogP contribution in [0.1, 0.15) is 30.5 Å². The van der Waals surface area contributed by atoms with Crippen molar-refractivity contribution in [3.05, 3.63) is 126 Å². The fourth-order valence-electron chi connectivity index (χ4n) is 6.86. The predicted molar refractivity (Wildman–Crippen MR) is 210 cm³/mol. The molecule has 5 aromatic carbocycles. The zero-order valence-corrected chi connectivity index (χ0v) is 31.7. The smallest absolute Gasteiger partial charge is 0.164 e. The molecule has 0 fully saturated rings. The minimum absolute atomic E-state index is 0.128. The van der Waals surface area contributed by atoms with Gasteiger partial charge >= 0.3 is 0 Å². The van der Waals surface area contributed by atoms with E-state index < -0.39 is 16.1 Å². The van der Waals surface area contributed by atoms with Crippen LogP contribution in [-0.2, 0) is 5.41 Å². The van der Waals surface area contributed by atoms with Crippen molar-refractivity contribution in [3.8, 4) is 62.5 Å². The van der Waals surface area contributed by atoms with Crippen molar-refractivity contribution < 1.29 is 0 Å². The Balaban J connectivity index is 1.33. The maximum Gasteiger partial charge on any atom is 0.164 e. The highest BCUT2D eigenvalue weighted by atomic mass is 28.3. The Morgan fingerprint density at radius 3 is 1.43 bits per heavy atom. The van der Waals surface area contributed by atoms with Crippen molar-refractivity contribution >= 4 is 26.5 Å². The van der Waals surface area contributed by atoms with Crippen molar-refractivity contribution in [2.75, 3.05) is 0 Å². The molecule has 0 aliphatic heterocycles. The van der Waals surface area contributed by atoms with Crippen molar-refractivity contribution in [2.24, 2.45) is 0 Å². The Morgan fingerprint density at radius 2 is 0.918 bits per heavy atom. The van der Waals surface area contributed by atoms with Crippen LogP contribution < -0.4 is 10.4 Å². The van der Waals surface area contributed by atoms with Gasteiger partial charge < -0.3 is 0 Å². The van der Waals surface area contributed by atoms with Gasteiger partial charge in [0.1, 0.15) is 0 Å². The molecule has 1 aliphatic carbocycles. The third-order valence-corrected chi connectivity index (χ3v) is 14.0. The first-order valence-electron chi connectivity index (χ1n) is 17.0. The van der Waals surface area contributed by atoms with Crippen LogP contribution >= 0.6 is 0 Å². The van der Waals surface area contributed by atoms with Crippen LogP contribution in [0.3, 0.4) is 0 Å². The molecular weight excluding hydrogens is 629 g/mol. The Labute approximate surface area is 292 Å². The summed E-state index contributed by atoms with van der Waals surface area (Å²) in [6.07, 6.45) is 0. The standard InChI is InChI=1S/C43H42N4Si2/c1-43(2)38-22-12-28(27-44)24-36(38)37-26-32(17-23-39(37)43)31-10-9-11-33(25-31)42-46-40(29-13-18-34(19-14-29)48(3,4)5)45-41(47-42)30-15-20-35(21-16-30)49(6,7)8/h9-26H,1-8H3. The number of aromatic nitrogens is 3. The predicted octanol–water partition coefficient (Wildman–Crippen LogP) is 9.81. The van der Waals surface area contributed by atoms with Crippen molar-refractivity contribution in [2.45, 2.75) is 58.5 Å². The first-order valence-corrected chi connectivity index (χ1v) is 24.0. The second-order valence-corrected chi connectivity index (χ2v) is 26.0. The van der Waals surface area contributed by atoms with Gasteiger partial charge in [0.15, 0.2) is 17.5 Å². The van der Waals surface area contributed by atoms with E-state index in [2.05, 4.69) is 156 Å². The second kappa shape index (κ2) is 11.9. The highest BCUT2D eigenvalue weighted by Gasteiger charge is 2.35. The molecule has 6 heteroatoms. The van der Waals surface area contributed by atoms with Gasteiger partial charge in [-0.05, 0) is 57.6 Å². The fraction of sp³-hybridized carbons (Fsp3) is 0.209. The van der Waals surface area contributed by atoms with Crippen LogP contribution in [0.2, 0.25) is 39.3 Å². The molecule has 1 heterocycles. The van der Waals surface area contributed by atoms with E-state index in [0.717, 1.165) is 33.4 Å². The summed E-state index contributed by atoms with van der Waals surface area (Å²) in [5.74, 6) is 2.00. The van der Waals surface area contributed by atoms with E-state index in [-0.39, 0.29) is 5.41 Å². The van der Waals surface area contributed by atoms with Crippen LogP contribution in [0, 0.1) is 11.3 Å². The van der Waals surface area contributed by atoms with E-state index >= 15 is 0 Å². The fourth-order valence-corrected chi connectivity index (χ4v) is 9.19. The Kier molecular flexibility index (Phi) is 7.89. The number of rotatable bonds is 6. The van der Waals surface area contributed by atoms with Crippen LogP contribution in [-0.4, -0.2) is 31.1 Å². The summed E-state index contributed by atoms with van der Waals surface area (Å²) in [6, 6.07) is 41.2. The molecule has 0 saturated carbocycles. The molecule has 6 aromatic rings. The summed E-state index contributed by atoms with van der Waals surface area (Å²) in [5.41, 5.74) is 10.5. The topological polar surface area (TPSA) is 62.5 Å². The number of benzene rings is 5. The van der Waals surface area contributed by atoms with E-state index in [4.69, 9.17) is 15.0 Å². The minimum Gasteiger partial charge on any atom is -0.208 e. The molecule has 242 valence electrons. The van der Waals surface area contributed by atoms with Crippen LogP contribution in [0.4, 0.5) is 0 Å². The van der Waals surface area contributed by atoms with E-state index in [1.54, 1.807) is 0 Å². The lowest BCUT2D eigenvalue weighted by Crippen LogP contribution is -2.37. The van der Waals surface area contributed by atoms with Gasteiger partial charge in [0.05, 0.1) is 27.8 Å². The highest BCUT2D eigenvalue weighted by molar-refractivity contribution is 6.89. The number of fused-ring (bicyclic) bond motifs is 3. The Bertz CT molecular complexity index is 2190. The maximum absolute atomic E-state index is 9.63. The zero-order chi connectivity index (χ0) is 34.7. The molecule has 4 nitrogen and oxygen atoms in total. The molecule has 0 unspecified atom stereocenters. The summed E-state index contributed by atoms with van der Waals surface area (Å²) in [7, 11) is -2.89. The maximum atomic E-state index is 9.63. The summed E-state index contributed by atoms with van der Waals surface area (Å²) in [4.78, 5) is 15.2. The van der Waals surface area contributed by atoms with E-state index in [1.165, 1.54) is 27.1 Å². The van der Waals surface area contributed by atoms with Gasteiger partial charge in [0, 0.05) is 22.1 Å². The summed E-state index contributed by atoms with van der Waals surface area (Å²) >= 11 is 0. The molecular formula is C43H42N4Si2. The molecule has 0 spiro atoms. The van der Waals surface area contributed by atoms with Gasteiger partial charge in [-0.25, -0.2) is 15.0 Å². The SMILES string of the molecule is CC1(C)c2ccc(C#N)cc2-c2cc(-c3cccc(-c4nc(-c5ccc([Si](C)(C)C)cc5)nc(-c5ccc([Si](C)(C)C)cc5)n4)c3)ccc21. The van der Waals surface area contributed by atoms with E-state index in [9.17, 15) is 5.26 Å². The highest BCUT2D eigenvalue weighted by Crippen LogP contribution is 2.50. The van der Waals surface area contributed by atoms with Crippen molar-refractivity contribution in [1.29, 1.82) is 5.26 Å². The molecule has 0 bridgehead atoms. The number of nitrogens with zero attached hydrogens (tertiary/aromatic N) is 4. The van der Waals surface area contributed by atoms with Gasteiger partial charge in [-0.2, -0.15) is 5.26 Å². The van der Waals surface area contributed by atoms with Gasteiger partial charge in [-0.15, -0.1) is 0 Å². The molecule has 1 aromatic heterocycles. The normalized spacial score (nSPS) is 13.4. The minimum atomic E-state index is -1.45. The summed E-state index contributed by atoms with van der Waals surface area (Å²) in [5, 5.41) is 12.4. The molecule has 0 amide bonds. The second-order valence-electron chi connectivity index (χ2n) is 15.8.